The highest BCUT2D eigenvalue weighted by Crippen LogP contribution is 2.29. The van der Waals surface area contributed by atoms with E-state index in [0.29, 0.717) is 17.2 Å². The minimum atomic E-state index is -0.117. The molecule has 0 atom stereocenters. The van der Waals surface area contributed by atoms with Crippen LogP contribution in [0.3, 0.4) is 0 Å². The van der Waals surface area contributed by atoms with Crippen LogP contribution in [0, 0.1) is 0 Å². The molecule has 1 aliphatic heterocycles. The average Bonchev–Trinajstić information content (AvgIpc) is 3.37. The van der Waals surface area contributed by atoms with Crippen molar-refractivity contribution in [3.05, 3.63) is 54.5 Å². The van der Waals surface area contributed by atoms with Gasteiger partial charge in [0.1, 0.15) is 23.4 Å². The lowest BCUT2D eigenvalue weighted by Gasteiger charge is -2.11. The number of methoxy groups -OCH3 is 3. The molecule has 0 unspecified atom stereocenters. The van der Waals surface area contributed by atoms with Gasteiger partial charge in [-0.25, -0.2) is 9.13 Å². The Morgan fingerprint density at radius 1 is 1.03 bits per heavy atom. The number of imidazole rings is 1. The lowest BCUT2D eigenvalue weighted by Crippen LogP contribution is -2.42. The van der Waals surface area contributed by atoms with E-state index in [1.807, 2.05) is 28.8 Å². The van der Waals surface area contributed by atoms with Gasteiger partial charge in [0.05, 0.1) is 40.0 Å². The molecule has 0 radical (unpaired) electrons. The molecule has 30 heavy (non-hydrogen) atoms. The molecule has 0 bridgehead atoms. The van der Waals surface area contributed by atoms with Crippen LogP contribution >= 0.6 is 0 Å². The van der Waals surface area contributed by atoms with E-state index in [4.69, 9.17) is 14.2 Å². The predicted octanol–water partition coefficient (Wildman–Crippen LogP) is 3.05. The van der Waals surface area contributed by atoms with Crippen molar-refractivity contribution in [3.8, 4) is 28.5 Å². The molecule has 2 heterocycles. The number of hydrogen-bond acceptors (Lipinski definition) is 4. The molecule has 4 rings (SSSR count). The summed E-state index contributed by atoms with van der Waals surface area (Å²) in [6, 6.07) is 13.3. The lowest BCUT2D eigenvalue weighted by atomic mass is 10.1. The van der Waals surface area contributed by atoms with Crippen LogP contribution in [-0.4, -0.2) is 31.8 Å². The highest BCUT2D eigenvalue weighted by atomic mass is 16.5. The van der Waals surface area contributed by atoms with E-state index < -0.39 is 0 Å². The number of aromatic nitrogens is 2. The van der Waals surface area contributed by atoms with Crippen LogP contribution in [0.2, 0.25) is 0 Å². The smallest absolute Gasteiger partial charge is 0.266 e. The summed E-state index contributed by atoms with van der Waals surface area (Å²) < 4.78 is 20.2. The van der Waals surface area contributed by atoms with Gasteiger partial charge in [-0.05, 0) is 42.8 Å². The third-order valence-electron chi connectivity index (χ3n) is 5.37. The summed E-state index contributed by atoms with van der Waals surface area (Å²) in [7, 11) is 4.83. The molecule has 2 aromatic carbocycles. The minimum Gasteiger partial charge on any atom is -0.497 e. The van der Waals surface area contributed by atoms with Crippen LogP contribution in [-0.2, 0) is 24.3 Å². The van der Waals surface area contributed by atoms with E-state index in [2.05, 4.69) is 16.1 Å². The number of nitrogens with zero attached hydrogens (tertiary/aromatic N) is 2. The molecular formula is C23H26N3O4+. The molecule has 0 spiro atoms. The fourth-order valence-corrected chi connectivity index (χ4v) is 3.89. The van der Waals surface area contributed by atoms with E-state index in [9.17, 15) is 4.79 Å². The molecule has 7 nitrogen and oxygen atoms in total. The topological polar surface area (TPSA) is 65.6 Å². The van der Waals surface area contributed by atoms with Crippen LogP contribution in [0.15, 0.2) is 48.7 Å². The molecule has 1 aromatic heterocycles. The van der Waals surface area contributed by atoms with Gasteiger partial charge in [-0.3, -0.25) is 4.79 Å². The van der Waals surface area contributed by atoms with E-state index >= 15 is 0 Å². The number of hydrogen-bond donors (Lipinski definition) is 1. The number of nitrogens with one attached hydrogen (secondary N) is 1. The van der Waals surface area contributed by atoms with Gasteiger partial charge >= 0.3 is 0 Å². The Labute approximate surface area is 175 Å². The molecule has 0 aliphatic carbocycles. The Bertz CT molecular complexity index is 1060. The number of rotatable bonds is 7. The van der Waals surface area contributed by atoms with E-state index in [-0.39, 0.29) is 12.5 Å². The average molecular weight is 408 g/mol. The summed E-state index contributed by atoms with van der Waals surface area (Å²) in [5.41, 5.74) is 2.80. The quantitative estimate of drug-likeness (QED) is 0.611. The molecule has 7 heteroatoms. The SMILES string of the molecule is COc1ccc(-c2c[n+](CC(=O)Nc3cc(OC)ccc3OC)c3n2CCC3)cc1. The van der Waals surface area contributed by atoms with Crippen molar-refractivity contribution >= 4 is 11.6 Å². The van der Waals surface area contributed by atoms with Crippen molar-refractivity contribution in [2.24, 2.45) is 0 Å². The van der Waals surface area contributed by atoms with E-state index in [1.54, 1.807) is 39.5 Å². The number of ether oxygens (including phenoxy) is 3. The zero-order valence-corrected chi connectivity index (χ0v) is 17.5. The number of carbonyl (C=O) groups excluding carboxylic acids is 1. The molecule has 1 N–H and O–H groups in total. The third-order valence-corrected chi connectivity index (χ3v) is 5.37. The highest BCUT2D eigenvalue weighted by molar-refractivity contribution is 5.91. The van der Waals surface area contributed by atoms with Gasteiger partial charge < -0.3 is 19.5 Å². The van der Waals surface area contributed by atoms with Crippen molar-refractivity contribution in [1.82, 2.24) is 4.57 Å². The molecular weight excluding hydrogens is 382 g/mol. The Morgan fingerprint density at radius 3 is 2.47 bits per heavy atom. The van der Waals surface area contributed by atoms with Crippen molar-refractivity contribution < 1.29 is 23.6 Å². The second-order valence-corrected chi connectivity index (χ2v) is 7.16. The first-order chi connectivity index (χ1) is 14.6. The highest BCUT2D eigenvalue weighted by Gasteiger charge is 2.29. The summed E-state index contributed by atoms with van der Waals surface area (Å²) in [6.07, 6.45) is 4.08. The Kier molecular flexibility index (Phi) is 5.61. The van der Waals surface area contributed by atoms with Crippen LogP contribution in [0.4, 0.5) is 5.69 Å². The number of amides is 1. The van der Waals surface area contributed by atoms with E-state index in [1.165, 1.54) is 0 Å². The first-order valence-corrected chi connectivity index (χ1v) is 9.91. The largest absolute Gasteiger partial charge is 0.497 e. The van der Waals surface area contributed by atoms with Gasteiger partial charge in [0, 0.05) is 11.6 Å². The Morgan fingerprint density at radius 2 is 1.77 bits per heavy atom. The second kappa shape index (κ2) is 8.49. The maximum absolute atomic E-state index is 12.8. The number of benzene rings is 2. The van der Waals surface area contributed by atoms with Crippen LogP contribution in [0.5, 0.6) is 17.2 Å². The first kappa shape index (κ1) is 19.8. The number of anilines is 1. The molecule has 0 fully saturated rings. The van der Waals surface area contributed by atoms with Crippen molar-refractivity contribution in [1.29, 1.82) is 0 Å². The van der Waals surface area contributed by atoms with Crippen LogP contribution in [0.25, 0.3) is 11.3 Å². The van der Waals surface area contributed by atoms with Gasteiger partial charge in [-0.2, -0.15) is 0 Å². The van der Waals surface area contributed by atoms with Gasteiger partial charge in [0.25, 0.3) is 11.7 Å². The maximum atomic E-state index is 12.8. The third kappa shape index (κ3) is 3.83. The van der Waals surface area contributed by atoms with Gasteiger partial charge in [0.15, 0.2) is 12.2 Å². The summed E-state index contributed by atoms with van der Waals surface area (Å²) in [5.74, 6) is 3.12. The molecule has 156 valence electrons. The van der Waals surface area contributed by atoms with Gasteiger partial charge in [-0.15, -0.1) is 0 Å². The second-order valence-electron chi connectivity index (χ2n) is 7.16. The molecule has 3 aromatic rings. The fourth-order valence-electron chi connectivity index (χ4n) is 3.89. The van der Waals surface area contributed by atoms with Crippen molar-refractivity contribution in [2.45, 2.75) is 25.9 Å². The van der Waals surface area contributed by atoms with E-state index in [0.717, 1.165) is 42.2 Å². The summed E-state index contributed by atoms with van der Waals surface area (Å²) >= 11 is 0. The van der Waals surface area contributed by atoms with Crippen LogP contribution in [0.1, 0.15) is 12.2 Å². The van der Waals surface area contributed by atoms with Crippen molar-refractivity contribution in [2.75, 3.05) is 26.6 Å². The Balaban J connectivity index is 1.57. The first-order valence-electron chi connectivity index (χ1n) is 9.91. The summed E-state index contributed by atoms with van der Waals surface area (Å²) in [4.78, 5) is 12.8. The molecule has 0 saturated heterocycles. The predicted molar refractivity (Wildman–Crippen MR) is 113 cm³/mol. The zero-order chi connectivity index (χ0) is 21.1. The number of fused-ring (bicyclic) bond motifs is 1. The summed E-state index contributed by atoms with van der Waals surface area (Å²) in [5, 5.41) is 2.95. The van der Waals surface area contributed by atoms with Crippen molar-refractivity contribution in [3.63, 3.8) is 0 Å². The minimum absolute atomic E-state index is 0.117. The zero-order valence-electron chi connectivity index (χ0n) is 17.5. The molecule has 1 amide bonds. The van der Waals surface area contributed by atoms with Crippen LogP contribution < -0.4 is 24.1 Å². The Hall–Kier alpha value is -3.48. The maximum Gasteiger partial charge on any atom is 0.266 e. The molecule has 1 aliphatic rings. The monoisotopic (exact) mass is 408 g/mol. The van der Waals surface area contributed by atoms with Gasteiger partial charge in [0.2, 0.25) is 0 Å². The number of carbonyl (C=O) groups is 1. The molecule has 0 saturated carbocycles. The lowest BCUT2D eigenvalue weighted by molar-refractivity contribution is -0.690. The summed E-state index contributed by atoms with van der Waals surface area (Å²) in [6.45, 7) is 1.18. The fraction of sp³-hybridized carbons (Fsp3) is 0.304. The standard InChI is InChI=1S/C23H25N3O4/c1-28-17-8-6-16(7-9-17)20-14-25(23-5-4-12-26(20)23)15-22(27)24-19-13-18(29-2)10-11-21(19)30-3/h6-11,13-14H,4-5,12,15H2,1-3H3/p+1. The van der Waals surface area contributed by atoms with Gasteiger partial charge in [-0.1, -0.05) is 0 Å². The normalized spacial score (nSPS) is 12.4.